The molecule has 1 aliphatic rings. The monoisotopic (exact) mass is 203 g/mol. The molecule has 0 bridgehead atoms. The number of benzene rings is 1. The molecule has 15 heavy (non-hydrogen) atoms. The molecular weight excluding hydrogens is 186 g/mol. The third kappa shape index (κ3) is 1.83. The van der Waals surface area contributed by atoms with Crippen molar-refractivity contribution in [3.05, 3.63) is 48.0 Å². The van der Waals surface area contributed by atoms with E-state index in [2.05, 4.69) is 36.1 Å². The number of rotatable bonds is 3. The maximum absolute atomic E-state index is 9.63. The van der Waals surface area contributed by atoms with Gasteiger partial charge in [-0.25, -0.2) is 0 Å². The summed E-state index contributed by atoms with van der Waals surface area (Å²) in [5.41, 5.74) is 0.918. The Balaban J connectivity index is 2.28. The zero-order valence-electron chi connectivity index (χ0n) is 9.06. The summed E-state index contributed by atoms with van der Waals surface area (Å²) in [6.45, 7) is 4.09. The van der Waals surface area contributed by atoms with Crippen molar-refractivity contribution in [3.63, 3.8) is 0 Å². The highest BCUT2D eigenvalue weighted by Gasteiger charge is 2.32. The summed E-state index contributed by atoms with van der Waals surface area (Å²) in [6, 6.07) is 10.2. The normalized spacial score (nSPS) is 20.4. The van der Waals surface area contributed by atoms with Crippen LogP contribution >= 0.6 is 0 Å². The Morgan fingerprint density at radius 3 is 2.33 bits per heavy atom. The van der Waals surface area contributed by atoms with E-state index in [1.54, 1.807) is 0 Å². The van der Waals surface area contributed by atoms with Crippen LogP contribution in [-0.2, 0) is 5.54 Å². The van der Waals surface area contributed by atoms with Crippen LogP contribution in [-0.4, -0.2) is 29.7 Å². The van der Waals surface area contributed by atoms with Gasteiger partial charge in [-0.2, -0.15) is 0 Å². The number of nitrogens with zero attached hydrogens (tertiary/aromatic N) is 1. The second kappa shape index (κ2) is 4.17. The smallest absolute Gasteiger partial charge is 0.0670 e. The largest absolute Gasteiger partial charge is 0.394 e. The Kier molecular flexibility index (Phi) is 2.89. The first-order chi connectivity index (χ1) is 7.27. The summed E-state index contributed by atoms with van der Waals surface area (Å²) in [7, 11) is 0. The molecule has 2 rings (SSSR count). The fraction of sp³-hybridized carbons (Fsp3) is 0.385. The molecule has 1 aromatic carbocycles. The van der Waals surface area contributed by atoms with Crippen molar-refractivity contribution in [2.45, 2.75) is 12.5 Å². The van der Waals surface area contributed by atoms with Crippen LogP contribution in [0.1, 0.15) is 12.5 Å². The molecule has 1 heterocycles. The van der Waals surface area contributed by atoms with Gasteiger partial charge in [0.05, 0.1) is 12.1 Å². The fourth-order valence-electron chi connectivity index (χ4n) is 2.05. The molecular formula is C13H17NO. The molecule has 0 saturated carbocycles. The molecule has 1 aromatic rings. The minimum atomic E-state index is -0.259. The van der Waals surface area contributed by atoms with E-state index >= 15 is 0 Å². The van der Waals surface area contributed by atoms with Gasteiger partial charge in [-0.05, 0) is 12.5 Å². The van der Waals surface area contributed by atoms with Gasteiger partial charge in [0, 0.05) is 13.1 Å². The van der Waals surface area contributed by atoms with Gasteiger partial charge in [0.25, 0.3) is 0 Å². The van der Waals surface area contributed by atoms with E-state index in [0.717, 1.165) is 13.1 Å². The molecule has 1 unspecified atom stereocenters. The van der Waals surface area contributed by atoms with Crippen molar-refractivity contribution >= 4 is 0 Å². The minimum absolute atomic E-state index is 0.151. The molecule has 0 fully saturated rings. The first kappa shape index (κ1) is 10.4. The molecule has 0 aliphatic carbocycles. The van der Waals surface area contributed by atoms with E-state index in [0.29, 0.717) is 0 Å². The molecule has 1 atom stereocenters. The summed E-state index contributed by atoms with van der Waals surface area (Å²) >= 11 is 0. The Hall–Kier alpha value is -1.12. The first-order valence-electron chi connectivity index (χ1n) is 5.34. The van der Waals surface area contributed by atoms with Crippen LogP contribution in [0.3, 0.4) is 0 Å². The number of aliphatic hydroxyl groups is 1. The van der Waals surface area contributed by atoms with Crippen molar-refractivity contribution in [3.8, 4) is 0 Å². The summed E-state index contributed by atoms with van der Waals surface area (Å²) in [5.74, 6) is 0. The van der Waals surface area contributed by atoms with Crippen LogP contribution in [0.5, 0.6) is 0 Å². The molecule has 2 heteroatoms. The van der Waals surface area contributed by atoms with E-state index in [-0.39, 0.29) is 12.1 Å². The highest BCUT2D eigenvalue weighted by atomic mass is 16.3. The van der Waals surface area contributed by atoms with Crippen LogP contribution < -0.4 is 0 Å². The van der Waals surface area contributed by atoms with Gasteiger partial charge >= 0.3 is 0 Å². The quantitative estimate of drug-likeness (QED) is 0.757. The molecule has 80 valence electrons. The van der Waals surface area contributed by atoms with Crippen molar-refractivity contribution in [1.82, 2.24) is 4.90 Å². The van der Waals surface area contributed by atoms with Crippen molar-refractivity contribution in [2.75, 3.05) is 19.7 Å². The van der Waals surface area contributed by atoms with Crippen LogP contribution in [0.25, 0.3) is 0 Å². The zero-order valence-corrected chi connectivity index (χ0v) is 9.06. The lowest BCUT2D eigenvalue weighted by Crippen LogP contribution is -2.45. The van der Waals surface area contributed by atoms with Crippen LogP contribution in [0.4, 0.5) is 0 Å². The lowest BCUT2D eigenvalue weighted by Gasteiger charge is -2.37. The van der Waals surface area contributed by atoms with Crippen molar-refractivity contribution in [2.24, 2.45) is 0 Å². The highest BCUT2D eigenvalue weighted by Crippen LogP contribution is 2.28. The zero-order chi connectivity index (χ0) is 10.7. The standard InChI is InChI=1S/C13H17NO/c1-13(11-15,14-9-5-6-10-14)12-7-3-2-4-8-12/h2-8,15H,9-11H2,1H3. The number of aliphatic hydroxyl groups excluding tert-OH is 1. The molecule has 0 radical (unpaired) electrons. The summed E-state index contributed by atoms with van der Waals surface area (Å²) in [6.07, 6.45) is 4.30. The summed E-state index contributed by atoms with van der Waals surface area (Å²) < 4.78 is 0. The van der Waals surface area contributed by atoms with Crippen LogP contribution in [0, 0.1) is 0 Å². The van der Waals surface area contributed by atoms with Gasteiger partial charge < -0.3 is 5.11 Å². The van der Waals surface area contributed by atoms with Crippen molar-refractivity contribution in [1.29, 1.82) is 0 Å². The molecule has 0 spiro atoms. The summed E-state index contributed by atoms with van der Waals surface area (Å²) in [5, 5.41) is 9.63. The molecule has 1 N–H and O–H groups in total. The fourth-order valence-corrected chi connectivity index (χ4v) is 2.05. The Bertz CT molecular complexity index is 339. The SMILES string of the molecule is CC(CO)(c1ccccc1)N1CC=CC1. The van der Waals surface area contributed by atoms with Gasteiger partial charge in [-0.1, -0.05) is 42.5 Å². The van der Waals surface area contributed by atoms with Gasteiger partial charge in [0.15, 0.2) is 0 Å². The molecule has 2 nitrogen and oxygen atoms in total. The Morgan fingerprint density at radius 2 is 1.80 bits per heavy atom. The second-order valence-electron chi connectivity index (χ2n) is 4.17. The van der Waals surface area contributed by atoms with Gasteiger partial charge in [-0.3, -0.25) is 4.90 Å². The van der Waals surface area contributed by atoms with Gasteiger partial charge in [-0.15, -0.1) is 0 Å². The van der Waals surface area contributed by atoms with E-state index in [1.165, 1.54) is 5.56 Å². The Labute approximate surface area is 90.8 Å². The average molecular weight is 203 g/mol. The summed E-state index contributed by atoms with van der Waals surface area (Å²) in [4.78, 5) is 2.28. The maximum atomic E-state index is 9.63. The number of hydrogen-bond donors (Lipinski definition) is 1. The first-order valence-corrected chi connectivity index (χ1v) is 5.34. The predicted octanol–water partition coefficient (Wildman–Crippen LogP) is 1.77. The highest BCUT2D eigenvalue weighted by molar-refractivity contribution is 5.25. The van der Waals surface area contributed by atoms with Crippen LogP contribution in [0.2, 0.25) is 0 Å². The van der Waals surface area contributed by atoms with E-state index < -0.39 is 0 Å². The van der Waals surface area contributed by atoms with Gasteiger partial charge in [0.2, 0.25) is 0 Å². The van der Waals surface area contributed by atoms with Crippen molar-refractivity contribution < 1.29 is 5.11 Å². The average Bonchev–Trinajstić information content (AvgIpc) is 2.83. The maximum Gasteiger partial charge on any atom is 0.0670 e. The minimum Gasteiger partial charge on any atom is -0.394 e. The topological polar surface area (TPSA) is 23.5 Å². The number of hydrogen-bond acceptors (Lipinski definition) is 2. The lowest BCUT2D eigenvalue weighted by atomic mass is 9.91. The molecule has 0 amide bonds. The molecule has 0 aromatic heterocycles. The third-order valence-electron chi connectivity index (χ3n) is 3.22. The van der Waals surface area contributed by atoms with E-state index in [9.17, 15) is 5.11 Å². The van der Waals surface area contributed by atoms with E-state index in [4.69, 9.17) is 0 Å². The lowest BCUT2D eigenvalue weighted by molar-refractivity contribution is 0.0644. The molecule has 0 saturated heterocycles. The predicted molar refractivity (Wildman–Crippen MR) is 61.6 cm³/mol. The third-order valence-corrected chi connectivity index (χ3v) is 3.22. The second-order valence-corrected chi connectivity index (χ2v) is 4.17. The van der Waals surface area contributed by atoms with Gasteiger partial charge in [0.1, 0.15) is 0 Å². The van der Waals surface area contributed by atoms with E-state index in [1.807, 2.05) is 18.2 Å². The van der Waals surface area contributed by atoms with Crippen LogP contribution in [0.15, 0.2) is 42.5 Å². The Morgan fingerprint density at radius 1 is 1.20 bits per heavy atom. The molecule has 1 aliphatic heterocycles.